The van der Waals surface area contributed by atoms with Gasteiger partial charge in [-0.2, -0.15) is 4.72 Å². The van der Waals surface area contributed by atoms with E-state index in [0.29, 0.717) is 23.0 Å². The van der Waals surface area contributed by atoms with Crippen molar-refractivity contribution in [2.45, 2.75) is 44.6 Å². The molecule has 0 amide bonds. The second-order valence-corrected chi connectivity index (χ2v) is 9.91. The molecule has 0 spiro atoms. The molecule has 1 N–H and O–H groups in total. The van der Waals surface area contributed by atoms with E-state index in [1.165, 1.54) is 12.1 Å². The van der Waals surface area contributed by atoms with E-state index in [1.807, 2.05) is 26.0 Å². The fourth-order valence-corrected chi connectivity index (χ4v) is 5.06. The van der Waals surface area contributed by atoms with Crippen molar-refractivity contribution in [3.05, 3.63) is 82.2 Å². The highest BCUT2D eigenvalue weighted by Gasteiger charge is 2.27. The van der Waals surface area contributed by atoms with Gasteiger partial charge >= 0.3 is 11.6 Å². The molecule has 1 aromatic heterocycles. The van der Waals surface area contributed by atoms with Crippen LogP contribution in [0.3, 0.4) is 0 Å². The monoisotopic (exact) mass is 479 g/mol. The molecule has 0 saturated carbocycles. The summed E-state index contributed by atoms with van der Waals surface area (Å²) < 4.78 is 39.2. The minimum Gasteiger partial charge on any atom is -0.425 e. The Balaban J connectivity index is 1.65. The predicted octanol–water partition coefficient (Wildman–Crippen LogP) is 4.62. The smallest absolute Gasteiger partial charge is 0.344 e. The Hall–Kier alpha value is -3.49. The molecule has 1 heterocycles. The Morgan fingerprint density at radius 3 is 2.32 bits per heavy atom. The van der Waals surface area contributed by atoms with Crippen LogP contribution >= 0.6 is 0 Å². The minimum atomic E-state index is -3.92. The van der Waals surface area contributed by atoms with Crippen LogP contribution in [-0.2, 0) is 14.8 Å². The Bertz CT molecular complexity index is 1540. The Morgan fingerprint density at radius 2 is 1.65 bits per heavy atom. The molecule has 7 nitrogen and oxygen atoms in total. The summed E-state index contributed by atoms with van der Waals surface area (Å²) in [6.07, 6.45) is 0.823. The molecule has 0 saturated heterocycles. The molecule has 0 aliphatic rings. The van der Waals surface area contributed by atoms with Crippen LogP contribution in [0.25, 0.3) is 21.7 Å². The van der Waals surface area contributed by atoms with Gasteiger partial charge in [0.1, 0.15) is 17.4 Å². The molecule has 176 valence electrons. The average molecular weight is 480 g/mol. The van der Waals surface area contributed by atoms with Crippen molar-refractivity contribution < 1.29 is 22.4 Å². The number of hydrogen-bond acceptors (Lipinski definition) is 6. The zero-order valence-corrected chi connectivity index (χ0v) is 19.9. The van der Waals surface area contributed by atoms with Crippen molar-refractivity contribution in [2.75, 3.05) is 0 Å². The normalized spacial score (nSPS) is 12.7. The summed E-state index contributed by atoms with van der Waals surface area (Å²) in [5.74, 6) is -0.533. The van der Waals surface area contributed by atoms with Gasteiger partial charge in [-0.15, -0.1) is 0 Å². The number of benzene rings is 3. The van der Waals surface area contributed by atoms with Crippen LogP contribution in [0.2, 0.25) is 0 Å². The maximum absolute atomic E-state index is 13.0. The van der Waals surface area contributed by atoms with Crippen LogP contribution in [0.5, 0.6) is 5.75 Å². The van der Waals surface area contributed by atoms with E-state index in [0.717, 1.165) is 16.3 Å². The first-order valence-electron chi connectivity index (χ1n) is 11.0. The molecule has 3 aromatic carbocycles. The predicted molar refractivity (Wildman–Crippen MR) is 131 cm³/mol. The number of rotatable bonds is 7. The maximum Gasteiger partial charge on any atom is 0.344 e. The van der Waals surface area contributed by atoms with Gasteiger partial charge in [0.15, 0.2) is 0 Å². The molecule has 8 heteroatoms. The van der Waals surface area contributed by atoms with Crippen molar-refractivity contribution in [3.63, 3.8) is 0 Å². The van der Waals surface area contributed by atoms with Gasteiger partial charge in [-0.25, -0.2) is 18.0 Å². The zero-order valence-electron chi connectivity index (χ0n) is 19.1. The standard InChI is InChI=1S/C26H25NO6S/c1-4-7-22(27-34(30,31)18-12-10-16(2)11-13-18)26(29)32-23-15-14-20-19-8-5-6-9-21(19)25(28)33-24(20)17(23)3/h5-6,8-15,22,27H,4,7H2,1-3H3. The molecule has 0 aliphatic carbocycles. The van der Waals surface area contributed by atoms with Crippen molar-refractivity contribution in [1.29, 1.82) is 0 Å². The molecule has 0 fully saturated rings. The molecule has 0 radical (unpaired) electrons. The van der Waals surface area contributed by atoms with Gasteiger partial charge < -0.3 is 9.15 Å². The highest BCUT2D eigenvalue weighted by Crippen LogP contribution is 2.31. The van der Waals surface area contributed by atoms with Gasteiger partial charge in [-0.05, 0) is 56.0 Å². The van der Waals surface area contributed by atoms with Crippen LogP contribution < -0.4 is 15.1 Å². The quantitative estimate of drug-likeness (QED) is 0.180. The number of sulfonamides is 1. The van der Waals surface area contributed by atoms with Crippen LogP contribution in [0.4, 0.5) is 0 Å². The molecule has 1 atom stereocenters. The third kappa shape index (κ3) is 4.60. The van der Waals surface area contributed by atoms with Crippen molar-refractivity contribution in [3.8, 4) is 5.75 Å². The molecule has 34 heavy (non-hydrogen) atoms. The van der Waals surface area contributed by atoms with Crippen LogP contribution in [0.1, 0.15) is 30.9 Å². The van der Waals surface area contributed by atoms with Gasteiger partial charge in [0.2, 0.25) is 10.0 Å². The fraction of sp³-hybridized carbons (Fsp3) is 0.231. The summed E-state index contributed by atoms with van der Waals surface area (Å²) in [6, 6.07) is 15.8. The van der Waals surface area contributed by atoms with Gasteiger partial charge in [0.25, 0.3) is 0 Å². The van der Waals surface area contributed by atoms with E-state index in [-0.39, 0.29) is 17.1 Å². The van der Waals surface area contributed by atoms with E-state index in [4.69, 9.17) is 9.15 Å². The van der Waals surface area contributed by atoms with Gasteiger partial charge in [-0.3, -0.25) is 0 Å². The summed E-state index contributed by atoms with van der Waals surface area (Å²) in [5, 5.41) is 1.93. The van der Waals surface area contributed by atoms with Crippen LogP contribution in [0, 0.1) is 13.8 Å². The second kappa shape index (κ2) is 9.40. The van der Waals surface area contributed by atoms with E-state index < -0.39 is 27.7 Å². The number of aryl methyl sites for hydroxylation is 2. The first-order chi connectivity index (χ1) is 16.2. The number of fused-ring (bicyclic) bond motifs is 3. The molecule has 4 aromatic rings. The lowest BCUT2D eigenvalue weighted by Crippen LogP contribution is -2.42. The minimum absolute atomic E-state index is 0.0718. The SMILES string of the molecule is CCCC(NS(=O)(=O)c1ccc(C)cc1)C(=O)Oc1ccc2c(oc(=O)c3ccccc32)c1C. The molecule has 1 unspecified atom stereocenters. The number of ether oxygens (including phenoxy) is 1. The Labute approximate surface area is 197 Å². The summed E-state index contributed by atoms with van der Waals surface area (Å²) in [4.78, 5) is 25.5. The fourth-order valence-electron chi connectivity index (χ4n) is 3.84. The lowest BCUT2D eigenvalue weighted by molar-refractivity contribution is -0.136. The Kier molecular flexibility index (Phi) is 6.54. The highest BCUT2D eigenvalue weighted by molar-refractivity contribution is 7.89. The number of nitrogens with one attached hydrogen (secondary N) is 1. The van der Waals surface area contributed by atoms with Crippen LogP contribution in [-0.4, -0.2) is 20.4 Å². The van der Waals surface area contributed by atoms with Crippen molar-refractivity contribution in [2.24, 2.45) is 0 Å². The maximum atomic E-state index is 13.0. The van der Waals surface area contributed by atoms with E-state index >= 15 is 0 Å². The van der Waals surface area contributed by atoms with E-state index in [2.05, 4.69) is 4.72 Å². The first kappa shape index (κ1) is 23.7. The summed E-state index contributed by atoms with van der Waals surface area (Å²) in [5.41, 5.74) is 1.24. The first-order valence-corrected chi connectivity index (χ1v) is 12.5. The molecular formula is C26H25NO6S. The molecule has 4 rings (SSSR count). The lowest BCUT2D eigenvalue weighted by Gasteiger charge is -2.18. The molecule has 0 bridgehead atoms. The highest BCUT2D eigenvalue weighted by atomic mass is 32.2. The van der Waals surface area contributed by atoms with E-state index in [1.54, 1.807) is 43.3 Å². The summed E-state index contributed by atoms with van der Waals surface area (Å²) >= 11 is 0. The van der Waals surface area contributed by atoms with E-state index in [9.17, 15) is 18.0 Å². The topological polar surface area (TPSA) is 103 Å². The number of esters is 1. The van der Waals surface area contributed by atoms with Crippen molar-refractivity contribution in [1.82, 2.24) is 4.72 Å². The van der Waals surface area contributed by atoms with Crippen LogP contribution in [0.15, 0.2) is 74.8 Å². The van der Waals surface area contributed by atoms with Gasteiger partial charge in [-0.1, -0.05) is 49.2 Å². The average Bonchev–Trinajstić information content (AvgIpc) is 2.81. The van der Waals surface area contributed by atoms with Gasteiger partial charge in [0.05, 0.1) is 10.3 Å². The molecular weight excluding hydrogens is 454 g/mol. The summed E-state index contributed by atoms with van der Waals surface area (Å²) in [6.45, 7) is 5.40. The third-order valence-electron chi connectivity index (χ3n) is 5.69. The third-order valence-corrected chi connectivity index (χ3v) is 7.18. The number of carbonyl (C=O) groups excluding carboxylic acids is 1. The Morgan fingerprint density at radius 1 is 0.971 bits per heavy atom. The lowest BCUT2D eigenvalue weighted by atomic mass is 10.0. The number of carbonyl (C=O) groups is 1. The van der Waals surface area contributed by atoms with Crippen molar-refractivity contribution >= 4 is 37.7 Å². The number of hydrogen-bond donors (Lipinski definition) is 1. The summed E-state index contributed by atoms with van der Waals surface area (Å²) in [7, 11) is -3.92. The largest absolute Gasteiger partial charge is 0.425 e. The molecule has 0 aliphatic heterocycles. The second-order valence-electron chi connectivity index (χ2n) is 8.20. The zero-order chi connectivity index (χ0) is 24.5. The van der Waals surface area contributed by atoms with Gasteiger partial charge in [0, 0.05) is 10.9 Å².